The molecule has 3 aromatic heterocycles. The molecule has 0 spiro atoms. The first kappa shape index (κ1) is 17.7. The van der Waals surface area contributed by atoms with Gasteiger partial charge in [-0.15, -0.1) is 16.0 Å². The fourth-order valence-electron chi connectivity index (χ4n) is 3.27. The number of rotatable bonds is 7. The van der Waals surface area contributed by atoms with E-state index in [2.05, 4.69) is 70.1 Å². The lowest BCUT2D eigenvalue weighted by molar-refractivity contribution is -0.752. The van der Waals surface area contributed by atoms with Gasteiger partial charge in [-0.1, -0.05) is 27.7 Å². The van der Waals surface area contributed by atoms with Crippen LogP contribution in [0.5, 0.6) is 0 Å². The molecule has 2 atom stereocenters. The molecule has 132 valence electrons. The number of hydrogen-bond donors (Lipinski definition) is 1. The highest BCUT2D eigenvalue weighted by molar-refractivity contribution is 7.09. The van der Waals surface area contributed by atoms with Gasteiger partial charge in [0.1, 0.15) is 0 Å². The Kier molecular flexibility index (Phi) is 5.27. The van der Waals surface area contributed by atoms with E-state index < -0.39 is 0 Å². The van der Waals surface area contributed by atoms with Crippen molar-refractivity contribution in [3.05, 3.63) is 58.8 Å². The van der Waals surface area contributed by atoms with E-state index in [4.69, 9.17) is 0 Å². The van der Waals surface area contributed by atoms with Crippen molar-refractivity contribution in [3.63, 3.8) is 0 Å². The molecule has 1 N–H and O–H groups in total. The summed E-state index contributed by atoms with van der Waals surface area (Å²) in [6, 6.07) is 2.19. The third kappa shape index (κ3) is 4.31. The highest BCUT2D eigenvalue weighted by Gasteiger charge is 2.29. The van der Waals surface area contributed by atoms with Crippen LogP contribution in [-0.2, 0) is 12.0 Å². The van der Waals surface area contributed by atoms with Gasteiger partial charge in [0.15, 0.2) is 12.7 Å². The maximum atomic E-state index is 4.46. The molecule has 0 saturated carbocycles. The van der Waals surface area contributed by atoms with Gasteiger partial charge in [0.2, 0.25) is 0 Å². The maximum absolute atomic E-state index is 4.46. The monoisotopic (exact) mass is 356 g/mol. The van der Waals surface area contributed by atoms with E-state index in [9.17, 15) is 0 Å². The predicted octanol–water partition coefficient (Wildman–Crippen LogP) is 3.82. The molecule has 5 nitrogen and oxygen atoms in total. The molecule has 0 aromatic carbocycles. The maximum Gasteiger partial charge on any atom is 0.195 e. The molecule has 0 aliphatic rings. The molecule has 2 unspecified atom stereocenters. The van der Waals surface area contributed by atoms with Gasteiger partial charge in [-0.3, -0.25) is 9.97 Å². The molecule has 6 heteroatoms. The van der Waals surface area contributed by atoms with Crippen molar-refractivity contribution in [2.75, 3.05) is 0 Å². The van der Waals surface area contributed by atoms with Crippen molar-refractivity contribution in [1.82, 2.24) is 20.1 Å². The fourth-order valence-corrected chi connectivity index (χ4v) is 3.97. The van der Waals surface area contributed by atoms with E-state index in [0.717, 1.165) is 18.7 Å². The summed E-state index contributed by atoms with van der Waals surface area (Å²) in [5.74, 6) is 0.757. The van der Waals surface area contributed by atoms with E-state index in [0.29, 0.717) is 11.8 Å². The Bertz CT molecular complexity index is 779. The first-order valence-corrected chi connectivity index (χ1v) is 9.58. The molecular formula is C19H26N5S+. The highest BCUT2D eigenvalue weighted by atomic mass is 32.1. The Morgan fingerprint density at radius 2 is 2.00 bits per heavy atom. The summed E-state index contributed by atoms with van der Waals surface area (Å²) in [5.41, 5.74) is 2.33. The quantitative estimate of drug-likeness (QED) is 0.655. The highest BCUT2D eigenvalue weighted by Crippen LogP contribution is 2.34. The number of nitrogens with zero attached hydrogens (tertiary/aromatic N) is 4. The summed E-state index contributed by atoms with van der Waals surface area (Å²) in [4.78, 5) is 13.0. The van der Waals surface area contributed by atoms with E-state index in [1.165, 1.54) is 10.7 Å². The lowest BCUT2D eigenvalue weighted by Crippen LogP contribution is -2.38. The van der Waals surface area contributed by atoms with Gasteiger partial charge in [-0.05, 0) is 6.42 Å². The minimum absolute atomic E-state index is 0.0616. The van der Waals surface area contributed by atoms with Gasteiger partial charge >= 0.3 is 0 Å². The van der Waals surface area contributed by atoms with Crippen LogP contribution in [0.2, 0.25) is 0 Å². The Hall–Kier alpha value is -2.08. The lowest BCUT2D eigenvalue weighted by atomic mass is 9.81. The zero-order chi connectivity index (χ0) is 17.9. The number of H-pyrrole nitrogens is 1. The first-order chi connectivity index (χ1) is 12.0. The molecule has 0 radical (unpaired) electrons. The Balaban J connectivity index is 1.67. The molecule has 0 fully saturated rings. The van der Waals surface area contributed by atoms with Gasteiger partial charge < -0.3 is 0 Å². The zero-order valence-electron chi connectivity index (χ0n) is 15.3. The number of thiazole rings is 1. The average molecular weight is 357 g/mol. The van der Waals surface area contributed by atoms with Crippen LogP contribution in [-0.4, -0.2) is 20.1 Å². The summed E-state index contributed by atoms with van der Waals surface area (Å²) in [7, 11) is 0. The minimum Gasteiger partial charge on any atom is -0.261 e. The summed E-state index contributed by atoms with van der Waals surface area (Å²) >= 11 is 1.74. The van der Waals surface area contributed by atoms with E-state index in [1.807, 2.05) is 12.4 Å². The van der Waals surface area contributed by atoms with Crippen LogP contribution in [0, 0.1) is 0 Å². The Morgan fingerprint density at radius 1 is 1.16 bits per heavy atom. The van der Waals surface area contributed by atoms with Crippen LogP contribution < -0.4 is 4.68 Å². The van der Waals surface area contributed by atoms with Gasteiger partial charge in [0.25, 0.3) is 0 Å². The summed E-state index contributed by atoms with van der Waals surface area (Å²) in [5, 5.41) is 6.82. The lowest BCUT2D eigenvalue weighted by Gasteiger charge is -2.25. The molecule has 0 saturated heterocycles. The second-order valence-corrected chi connectivity index (χ2v) is 8.31. The summed E-state index contributed by atoms with van der Waals surface area (Å²) in [6.07, 6.45) is 10.4. The van der Waals surface area contributed by atoms with Crippen LogP contribution in [0.3, 0.4) is 0 Å². The molecule has 25 heavy (non-hydrogen) atoms. The molecule has 0 amide bonds. The van der Waals surface area contributed by atoms with Crippen LogP contribution >= 0.6 is 11.3 Å². The zero-order valence-corrected chi connectivity index (χ0v) is 16.1. The van der Waals surface area contributed by atoms with Crippen LogP contribution in [0.25, 0.3) is 0 Å². The minimum atomic E-state index is 0.0616. The van der Waals surface area contributed by atoms with Crippen molar-refractivity contribution >= 4 is 11.3 Å². The van der Waals surface area contributed by atoms with E-state index in [-0.39, 0.29) is 5.41 Å². The topological polar surface area (TPSA) is 58.3 Å². The van der Waals surface area contributed by atoms with Gasteiger partial charge in [-0.2, -0.15) is 5.10 Å². The number of aromatic nitrogens is 5. The summed E-state index contributed by atoms with van der Waals surface area (Å²) in [6.45, 7) is 9.87. The molecular weight excluding hydrogens is 330 g/mol. The molecule has 3 rings (SSSR count). The molecule has 0 aliphatic carbocycles. The average Bonchev–Trinajstić information content (AvgIpc) is 3.27. The molecule has 3 heterocycles. The largest absolute Gasteiger partial charge is 0.261 e. The third-order valence-corrected chi connectivity index (χ3v) is 5.67. The van der Waals surface area contributed by atoms with E-state index in [1.54, 1.807) is 23.7 Å². The van der Waals surface area contributed by atoms with Gasteiger partial charge in [0, 0.05) is 47.6 Å². The summed E-state index contributed by atoms with van der Waals surface area (Å²) < 4.78 is 2.14. The Labute approximate surface area is 153 Å². The molecule has 3 aromatic rings. The van der Waals surface area contributed by atoms with Gasteiger partial charge in [-0.25, -0.2) is 4.98 Å². The van der Waals surface area contributed by atoms with Crippen molar-refractivity contribution in [1.29, 1.82) is 0 Å². The number of aromatic amines is 1. The number of nitrogens with one attached hydrogen (secondary N) is 1. The second kappa shape index (κ2) is 7.44. The first-order valence-electron chi connectivity index (χ1n) is 8.70. The number of hydrogen-bond acceptors (Lipinski definition) is 4. The second-order valence-electron chi connectivity index (χ2n) is 7.38. The van der Waals surface area contributed by atoms with Crippen molar-refractivity contribution < 1.29 is 4.68 Å². The standard InChI is InChI=1S/C19H25N5S/c1-14(18-22-8-10-25-18)11-19(3,4)17-5-9-24(23-17)13-15(2)16-12-20-6-7-21-16/h5-10,12,14-15H,11,13H2,1-4H3/p+1. The van der Waals surface area contributed by atoms with Crippen LogP contribution in [0.4, 0.5) is 0 Å². The Morgan fingerprint density at radius 3 is 2.68 bits per heavy atom. The van der Waals surface area contributed by atoms with Crippen molar-refractivity contribution in [2.24, 2.45) is 0 Å². The van der Waals surface area contributed by atoms with Crippen LogP contribution in [0.1, 0.15) is 62.3 Å². The predicted molar refractivity (Wildman–Crippen MR) is 99.6 cm³/mol. The fraction of sp³-hybridized carbons (Fsp3) is 0.474. The smallest absolute Gasteiger partial charge is 0.195 e. The van der Waals surface area contributed by atoms with E-state index >= 15 is 0 Å². The van der Waals surface area contributed by atoms with Crippen LogP contribution in [0.15, 0.2) is 42.4 Å². The normalized spacial score (nSPS) is 14.4. The molecule has 0 aliphatic heterocycles. The third-order valence-electron chi connectivity index (χ3n) is 4.66. The SMILES string of the molecule is CC(C[n+]1ccc(C(C)(C)CC(C)c2nccs2)[nH]1)c1cnccn1. The van der Waals surface area contributed by atoms with Gasteiger partial charge in [0.05, 0.1) is 22.3 Å². The van der Waals surface area contributed by atoms with Crippen molar-refractivity contribution in [2.45, 2.75) is 57.9 Å². The van der Waals surface area contributed by atoms with Crippen molar-refractivity contribution in [3.8, 4) is 0 Å². The molecule has 0 bridgehead atoms.